The van der Waals surface area contributed by atoms with E-state index in [0.29, 0.717) is 25.7 Å². The summed E-state index contributed by atoms with van der Waals surface area (Å²) in [5.74, 6) is 0.408. The van der Waals surface area contributed by atoms with Crippen LogP contribution in [0.1, 0.15) is 46.5 Å². The summed E-state index contributed by atoms with van der Waals surface area (Å²) in [6, 6.07) is 2.46. The monoisotopic (exact) mass is 268 g/mol. The summed E-state index contributed by atoms with van der Waals surface area (Å²) in [5, 5.41) is 12.6. The van der Waals surface area contributed by atoms with Gasteiger partial charge in [-0.15, -0.1) is 0 Å². The van der Waals surface area contributed by atoms with Crippen LogP contribution in [-0.4, -0.2) is 38.0 Å². The molecule has 2 atom stereocenters. The summed E-state index contributed by atoms with van der Waals surface area (Å²) in [4.78, 5) is 0. The first-order chi connectivity index (χ1) is 8.93. The largest absolute Gasteiger partial charge is 0.379 e. The zero-order chi connectivity index (χ0) is 14.4. The maximum atomic E-state index is 9.34. The van der Waals surface area contributed by atoms with E-state index in [1.165, 1.54) is 0 Å². The van der Waals surface area contributed by atoms with Crippen LogP contribution in [0.15, 0.2) is 0 Å². The molecular formula is C15H28N2O2. The molecule has 1 rings (SSSR count). The van der Waals surface area contributed by atoms with Gasteiger partial charge in [0.25, 0.3) is 0 Å². The highest BCUT2D eigenvalue weighted by Gasteiger charge is 2.41. The molecule has 0 saturated heterocycles. The Balaban J connectivity index is 2.18. The SMILES string of the molecule is CNC1(C#N)CCCC1CCOCCOC(C)(C)C. The first-order valence-corrected chi connectivity index (χ1v) is 7.25. The molecule has 0 aromatic heterocycles. The van der Waals surface area contributed by atoms with E-state index in [-0.39, 0.29) is 11.1 Å². The predicted molar refractivity (Wildman–Crippen MR) is 75.9 cm³/mol. The molecule has 4 heteroatoms. The molecule has 0 radical (unpaired) electrons. The van der Waals surface area contributed by atoms with Crippen LogP contribution in [-0.2, 0) is 9.47 Å². The molecule has 0 amide bonds. The van der Waals surface area contributed by atoms with Gasteiger partial charge in [-0.25, -0.2) is 0 Å². The lowest BCUT2D eigenvalue weighted by atomic mass is 9.86. The Bertz CT molecular complexity index is 306. The van der Waals surface area contributed by atoms with Crippen LogP contribution >= 0.6 is 0 Å². The summed E-state index contributed by atoms with van der Waals surface area (Å²) < 4.78 is 11.2. The number of rotatable bonds is 7. The first kappa shape index (κ1) is 16.4. The standard InChI is InChI=1S/C15H28N2O2/c1-14(2,3)19-11-10-18-9-7-13-6-5-8-15(13,12-16)17-4/h13,17H,5-11H2,1-4H3. The van der Waals surface area contributed by atoms with E-state index in [4.69, 9.17) is 9.47 Å². The Morgan fingerprint density at radius 2 is 2.05 bits per heavy atom. The highest BCUT2D eigenvalue weighted by molar-refractivity contribution is 5.13. The number of nitriles is 1. The second kappa shape index (κ2) is 7.23. The zero-order valence-electron chi connectivity index (χ0n) is 12.8. The van der Waals surface area contributed by atoms with Crippen molar-refractivity contribution in [2.75, 3.05) is 26.9 Å². The van der Waals surface area contributed by atoms with Gasteiger partial charge in [0.15, 0.2) is 0 Å². The van der Waals surface area contributed by atoms with Crippen LogP contribution in [0.5, 0.6) is 0 Å². The number of ether oxygens (including phenoxy) is 2. The van der Waals surface area contributed by atoms with Crippen LogP contribution in [0.2, 0.25) is 0 Å². The molecule has 19 heavy (non-hydrogen) atoms. The molecule has 1 N–H and O–H groups in total. The first-order valence-electron chi connectivity index (χ1n) is 7.25. The van der Waals surface area contributed by atoms with Crippen LogP contribution < -0.4 is 5.32 Å². The topological polar surface area (TPSA) is 54.3 Å². The molecule has 1 fully saturated rings. The minimum atomic E-state index is -0.328. The van der Waals surface area contributed by atoms with Crippen molar-refractivity contribution in [3.8, 4) is 6.07 Å². The Kier molecular flexibility index (Phi) is 6.25. The molecule has 0 bridgehead atoms. The van der Waals surface area contributed by atoms with Crippen molar-refractivity contribution in [3.63, 3.8) is 0 Å². The fourth-order valence-corrected chi connectivity index (χ4v) is 2.74. The molecule has 1 saturated carbocycles. The van der Waals surface area contributed by atoms with Crippen molar-refractivity contribution in [1.29, 1.82) is 5.26 Å². The van der Waals surface area contributed by atoms with E-state index >= 15 is 0 Å². The molecule has 0 spiro atoms. The van der Waals surface area contributed by atoms with E-state index in [1.54, 1.807) is 0 Å². The Morgan fingerprint density at radius 1 is 1.32 bits per heavy atom. The van der Waals surface area contributed by atoms with Crippen molar-refractivity contribution < 1.29 is 9.47 Å². The van der Waals surface area contributed by atoms with Crippen molar-refractivity contribution in [2.45, 2.75) is 57.6 Å². The Hall–Kier alpha value is -0.630. The number of hydrogen-bond acceptors (Lipinski definition) is 4. The maximum absolute atomic E-state index is 9.34. The van der Waals surface area contributed by atoms with Gasteiger partial charge >= 0.3 is 0 Å². The van der Waals surface area contributed by atoms with E-state index < -0.39 is 0 Å². The number of hydrogen-bond donors (Lipinski definition) is 1. The summed E-state index contributed by atoms with van der Waals surface area (Å²) in [7, 11) is 1.89. The average molecular weight is 268 g/mol. The van der Waals surface area contributed by atoms with E-state index in [1.807, 2.05) is 27.8 Å². The molecule has 1 aliphatic carbocycles. The van der Waals surface area contributed by atoms with Gasteiger partial charge in [0.05, 0.1) is 24.9 Å². The van der Waals surface area contributed by atoms with E-state index in [2.05, 4.69) is 11.4 Å². The van der Waals surface area contributed by atoms with Gasteiger partial charge in [0.1, 0.15) is 5.54 Å². The van der Waals surface area contributed by atoms with Gasteiger partial charge in [-0.05, 0) is 53.0 Å². The van der Waals surface area contributed by atoms with E-state index in [9.17, 15) is 5.26 Å². The molecule has 110 valence electrons. The molecular weight excluding hydrogens is 240 g/mol. The third-order valence-electron chi connectivity index (χ3n) is 3.84. The molecule has 2 unspecified atom stereocenters. The van der Waals surface area contributed by atoms with Crippen LogP contribution in [0.3, 0.4) is 0 Å². The summed E-state index contributed by atoms with van der Waals surface area (Å²) in [6.07, 6.45) is 4.16. The fraction of sp³-hybridized carbons (Fsp3) is 0.933. The lowest BCUT2D eigenvalue weighted by Crippen LogP contribution is -2.45. The van der Waals surface area contributed by atoms with Gasteiger partial charge in [-0.3, -0.25) is 0 Å². The third kappa shape index (κ3) is 5.10. The lowest BCUT2D eigenvalue weighted by Gasteiger charge is -2.28. The van der Waals surface area contributed by atoms with Crippen LogP contribution in [0, 0.1) is 17.2 Å². The summed E-state index contributed by atoms with van der Waals surface area (Å²) >= 11 is 0. The van der Waals surface area contributed by atoms with Gasteiger partial charge in [-0.2, -0.15) is 5.26 Å². The summed E-state index contributed by atoms with van der Waals surface area (Å²) in [5.41, 5.74) is -0.428. The normalized spacial score (nSPS) is 27.4. The second-order valence-corrected chi connectivity index (χ2v) is 6.28. The minimum absolute atomic E-state index is 0.100. The average Bonchev–Trinajstić information content (AvgIpc) is 2.76. The molecule has 0 aliphatic heterocycles. The highest BCUT2D eigenvalue weighted by Crippen LogP contribution is 2.37. The fourth-order valence-electron chi connectivity index (χ4n) is 2.74. The van der Waals surface area contributed by atoms with Crippen molar-refractivity contribution in [1.82, 2.24) is 5.32 Å². The highest BCUT2D eigenvalue weighted by atomic mass is 16.5. The molecule has 0 aromatic carbocycles. The van der Waals surface area contributed by atoms with Crippen LogP contribution in [0.25, 0.3) is 0 Å². The van der Waals surface area contributed by atoms with Crippen molar-refractivity contribution >= 4 is 0 Å². The minimum Gasteiger partial charge on any atom is -0.379 e. The van der Waals surface area contributed by atoms with Crippen molar-refractivity contribution in [2.24, 2.45) is 5.92 Å². The lowest BCUT2D eigenvalue weighted by molar-refractivity contribution is -0.0365. The van der Waals surface area contributed by atoms with Gasteiger partial charge in [0, 0.05) is 6.61 Å². The molecule has 1 aliphatic rings. The predicted octanol–water partition coefficient (Wildman–Crippen LogP) is 2.49. The van der Waals surface area contributed by atoms with Crippen LogP contribution in [0.4, 0.5) is 0 Å². The van der Waals surface area contributed by atoms with Gasteiger partial charge in [-0.1, -0.05) is 6.42 Å². The third-order valence-corrected chi connectivity index (χ3v) is 3.84. The zero-order valence-corrected chi connectivity index (χ0v) is 12.8. The molecule has 0 heterocycles. The second-order valence-electron chi connectivity index (χ2n) is 6.28. The van der Waals surface area contributed by atoms with Gasteiger partial charge in [0.2, 0.25) is 0 Å². The number of nitrogens with one attached hydrogen (secondary N) is 1. The smallest absolute Gasteiger partial charge is 0.109 e. The molecule has 4 nitrogen and oxygen atoms in total. The molecule has 0 aromatic rings. The number of nitrogens with zero attached hydrogens (tertiary/aromatic N) is 1. The quantitative estimate of drug-likeness (QED) is 0.721. The van der Waals surface area contributed by atoms with E-state index in [0.717, 1.165) is 25.7 Å². The Labute approximate surface area is 117 Å². The van der Waals surface area contributed by atoms with Gasteiger partial charge < -0.3 is 14.8 Å². The summed E-state index contributed by atoms with van der Waals surface area (Å²) in [6.45, 7) is 8.09. The maximum Gasteiger partial charge on any atom is 0.109 e. The van der Waals surface area contributed by atoms with Crippen molar-refractivity contribution in [3.05, 3.63) is 0 Å². The Morgan fingerprint density at radius 3 is 2.63 bits per heavy atom.